The van der Waals surface area contributed by atoms with Crippen LogP contribution in [0.25, 0.3) is 0 Å². The first kappa shape index (κ1) is 22.3. The Kier molecular flexibility index (Phi) is 6.62. The number of amides is 1. The number of rotatable bonds is 6. The van der Waals surface area contributed by atoms with Gasteiger partial charge in [-0.15, -0.1) is 0 Å². The van der Waals surface area contributed by atoms with Gasteiger partial charge >= 0.3 is 11.9 Å². The van der Waals surface area contributed by atoms with Crippen LogP contribution in [0.15, 0.2) is 36.5 Å². The van der Waals surface area contributed by atoms with Crippen LogP contribution in [0.4, 0.5) is 24.7 Å². The van der Waals surface area contributed by atoms with Crippen LogP contribution < -0.4 is 15.0 Å². The summed E-state index contributed by atoms with van der Waals surface area (Å²) in [4.78, 5) is 28.9. The normalized spacial score (nSPS) is 14.9. The van der Waals surface area contributed by atoms with Crippen molar-refractivity contribution in [2.75, 3.05) is 24.6 Å². The number of benzene rings is 1. The summed E-state index contributed by atoms with van der Waals surface area (Å²) in [6, 6.07) is 6.21. The third kappa shape index (κ3) is 5.41. The summed E-state index contributed by atoms with van der Waals surface area (Å²) in [5, 5.41) is 14.1. The van der Waals surface area contributed by atoms with Gasteiger partial charge in [0.15, 0.2) is 5.75 Å². The second-order valence-corrected chi connectivity index (χ2v) is 7.01. The largest absolute Gasteiger partial charge is 0.487 e. The third-order valence-electron chi connectivity index (χ3n) is 4.95. The van der Waals surface area contributed by atoms with Crippen LogP contribution in [0.1, 0.15) is 35.7 Å². The number of pyridine rings is 1. The van der Waals surface area contributed by atoms with Gasteiger partial charge in [-0.05, 0) is 44.0 Å². The Bertz CT molecular complexity index is 942. The highest BCUT2D eigenvalue weighted by Gasteiger charge is 2.31. The van der Waals surface area contributed by atoms with Gasteiger partial charge in [0, 0.05) is 37.0 Å². The number of anilines is 1. The Balaban J connectivity index is 1.59. The van der Waals surface area contributed by atoms with E-state index in [4.69, 9.17) is 4.74 Å². The zero-order valence-electron chi connectivity index (χ0n) is 16.7. The van der Waals surface area contributed by atoms with Gasteiger partial charge in [0.25, 0.3) is 5.91 Å². The molecular formula is C20H21F3N4O4. The fourth-order valence-electron chi connectivity index (χ4n) is 3.34. The van der Waals surface area contributed by atoms with Crippen molar-refractivity contribution in [3.8, 4) is 5.75 Å². The van der Waals surface area contributed by atoms with Crippen LogP contribution in [-0.4, -0.2) is 41.6 Å². The predicted octanol–water partition coefficient (Wildman–Crippen LogP) is 3.81. The molecule has 1 saturated heterocycles. The van der Waals surface area contributed by atoms with Gasteiger partial charge in [-0.25, -0.2) is 4.98 Å². The minimum atomic E-state index is -4.43. The maximum atomic E-state index is 12.7. The molecule has 0 bridgehead atoms. The Morgan fingerprint density at radius 2 is 2.00 bits per heavy atom. The smallest absolute Gasteiger partial charge is 0.417 e. The molecule has 1 aliphatic rings. The summed E-state index contributed by atoms with van der Waals surface area (Å²) in [6.45, 7) is 2.98. The minimum absolute atomic E-state index is 0.0985. The molecule has 1 fully saturated rings. The molecule has 0 atom stereocenters. The topological polar surface area (TPSA) is 97.6 Å². The van der Waals surface area contributed by atoms with Gasteiger partial charge in [0.05, 0.1) is 17.1 Å². The van der Waals surface area contributed by atoms with Crippen molar-refractivity contribution in [1.29, 1.82) is 0 Å². The number of halogens is 3. The lowest BCUT2D eigenvalue weighted by molar-refractivity contribution is -0.385. The van der Waals surface area contributed by atoms with Crippen molar-refractivity contribution in [2.24, 2.45) is 0 Å². The van der Waals surface area contributed by atoms with Crippen molar-refractivity contribution >= 4 is 17.4 Å². The number of hydrogen-bond donors (Lipinski definition) is 1. The summed E-state index contributed by atoms with van der Waals surface area (Å²) in [7, 11) is 0. The second-order valence-electron chi connectivity index (χ2n) is 7.01. The molecule has 2 aromatic rings. The van der Waals surface area contributed by atoms with Crippen LogP contribution in [0.5, 0.6) is 5.75 Å². The number of nitro groups is 1. The standard InChI is InChI=1S/C20H21F3N4O4/c1-2-31-17-5-3-13(11-16(17)27(29)30)19(28)25-15-7-9-26(10-8-15)18-6-4-14(12-24-18)20(21,22)23/h3-6,11-12,15H,2,7-10H2,1H3,(H,25,28). The molecule has 2 heterocycles. The Morgan fingerprint density at radius 3 is 2.55 bits per heavy atom. The van der Waals surface area contributed by atoms with Crippen LogP contribution in [0.3, 0.4) is 0 Å². The van der Waals surface area contributed by atoms with Gasteiger partial charge < -0.3 is 15.0 Å². The highest BCUT2D eigenvalue weighted by molar-refractivity contribution is 5.95. The lowest BCUT2D eigenvalue weighted by Gasteiger charge is -2.33. The van der Waals surface area contributed by atoms with E-state index in [1.807, 2.05) is 4.90 Å². The fraction of sp³-hybridized carbons (Fsp3) is 0.400. The summed E-state index contributed by atoms with van der Waals surface area (Å²) in [5.41, 5.74) is -0.928. The number of nitrogens with one attached hydrogen (secondary N) is 1. The highest BCUT2D eigenvalue weighted by Crippen LogP contribution is 2.30. The molecular weight excluding hydrogens is 417 g/mol. The van der Waals surface area contributed by atoms with E-state index < -0.39 is 22.6 Å². The van der Waals surface area contributed by atoms with Crippen molar-refractivity contribution in [3.63, 3.8) is 0 Å². The van der Waals surface area contributed by atoms with Crippen molar-refractivity contribution < 1.29 is 27.6 Å². The monoisotopic (exact) mass is 438 g/mol. The number of carbonyl (C=O) groups is 1. The number of nitro benzene ring substituents is 1. The number of alkyl halides is 3. The molecule has 8 nitrogen and oxygen atoms in total. The van der Waals surface area contributed by atoms with E-state index in [-0.39, 0.29) is 29.6 Å². The van der Waals surface area contributed by atoms with Crippen LogP contribution >= 0.6 is 0 Å². The highest BCUT2D eigenvalue weighted by atomic mass is 19.4. The molecule has 0 spiro atoms. The first-order valence-corrected chi connectivity index (χ1v) is 9.69. The van der Waals surface area contributed by atoms with Crippen molar-refractivity contribution in [2.45, 2.75) is 32.0 Å². The van der Waals surface area contributed by atoms with Crippen molar-refractivity contribution in [1.82, 2.24) is 10.3 Å². The Morgan fingerprint density at radius 1 is 1.29 bits per heavy atom. The zero-order valence-corrected chi connectivity index (χ0v) is 16.7. The van der Waals surface area contributed by atoms with Crippen LogP contribution in [0.2, 0.25) is 0 Å². The molecule has 1 aromatic heterocycles. The fourth-order valence-corrected chi connectivity index (χ4v) is 3.34. The minimum Gasteiger partial charge on any atom is -0.487 e. The van der Waals surface area contributed by atoms with E-state index in [0.29, 0.717) is 31.7 Å². The molecule has 31 heavy (non-hydrogen) atoms. The number of carbonyl (C=O) groups excluding carboxylic acids is 1. The van der Waals surface area contributed by atoms with Gasteiger partial charge in [0.2, 0.25) is 0 Å². The lowest BCUT2D eigenvalue weighted by atomic mass is 10.0. The molecule has 11 heteroatoms. The first-order valence-electron chi connectivity index (χ1n) is 9.69. The van der Waals surface area contributed by atoms with Gasteiger partial charge in [-0.1, -0.05) is 0 Å². The summed E-state index contributed by atoms with van der Waals surface area (Å²) >= 11 is 0. The average molecular weight is 438 g/mol. The van der Waals surface area contributed by atoms with E-state index in [2.05, 4.69) is 10.3 Å². The molecule has 1 aromatic carbocycles. The van der Waals surface area contributed by atoms with Crippen molar-refractivity contribution in [3.05, 3.63) is 57.8 Å². The molecule has 3 rings (SSSR count). The molecule has 0 radical (unpaired) electrons. The zero-order chi connectivity index (χ0) is 22.6. The predicted molar refractivity (Wildman–Crippen MR) is 106 cm³/mol. The Labute approximate surface area is 176 Å². The molecule has 1 aliphatic heterocycles. The van der Waals surface area contributed by atoms with Gasteiger partial charge in [0.1, 0.15) is 5.82 Å². The summed E-state index contributed by atoms with van der Waals surface area (Å²) in [6.07, 6.45) is -2.50. The molecule has 1 N–H and O–H groups in total. The SMILES string of the molecule is CCOc1ccc(C(=O)NC2CCN(c3ccc(C(F)(F)F)cn3)CC2)cc1[N+](=O)[O-]. The number of nitrogens with zero attached hydrogens (tertiary/aromatic N) is 3. The van der Waals surface area contributed by atoms with Crippen LogP contribution in [0, 0.1) is 10.1 Å². The van der Waals surface area contributed by atoms with Gasteiger partial charge in [-0.2, -0.15) is 13.2 Å². The second kappa shape index (κ2) is 9.19. The number of aromatic nitrogens is 1. The molecule has 1 amide bonds. The number of piperidine rings is 1. The average Bonchev–Trinajstić information content (AvgIpc) is 2.74. The van der Waals surface area contributed by atoms with Gasteiger partial charge in [-0.3, -0.25) is 14.9 Å². The molecule has 166 valence electrons. The number of ether oxygens (including phenoxy) is 1. The third-order valence-corrected chi connectivity index (χ3v) is 4.95. The maximum absolute atomic E-state index is 12.7. The number of hydrogen-bond acceptors (Lipinski definition) is 6. The quantitative estimate of drug-likeness (QED) is 0.544. The van der Waals surface area contributed by atoms with E-state index in [1.165, 1.54) is 24.3 Å². The van der Waals surface area contributed by atoms with E-state index in [0.717, 1.165) is 12.3 Å². The molecule has 0 unspecified atom stereocenters. The molecule has 0 saturated carbocycles. The summed E-state index contributed by atoms with van der Waals surface area (Å²) < 4.78 is 43.2. The lowest BCUT2D eigenvalue weighted by Crippen LogP contribution is -2.45. The molecule has 0 aliphatic carbocycles. The Hall–Kier alpha value is -3.37. The summed E-state index contributed by atoms with van der Waals surface area (Å²) in [5.74, 6) is 0.110. The maximum Gasteiger partial charge on any atom is 0.417 e. The first-order chi connectivity index (χ1) is 14.7. The van der Waals surface area contributed by atoms with E-state index in [9.17, 15) is 28.1 Å². The van der Waals surface area contributed by atoms with E-state index in [1.54, 1.807) is 6.92 Å². The van der Waals surface area contributed by atoms with Crippen LogP contribution in [-0.2, 0) is 6.18 Å². The van der Waals surface area contributed by atoms with E-state index >= 15 is 0 Å².